The van der Waals surface area contributed by atoms with Gasteiger partial charge in [-0.15, -0.1) is 0 Å². The summed E-state index contributed by atoms with van der Waals surface area (Å²) in [6.07, 6.45) is 0.256. The van der Waals surface area contributed by atoms with Crippen LogP contribution in [0.4, 0.5) is 0 Å². The Bertz CT molecular complexity index is 625. The van der Waals surface area contributed by atoms with Crippen molar-refractivity contribution in [2.75, 3.05) is 0 Å². The predicted molar refractivity (Wildman–Crippen MR) is 81.4 cm³/mol. The van der Waals surface area contributed by atoms with Gasteiger partial charge in [-0.25, -0.2) is 0 Å². The molecular weight excluding hydrogens is 264 g/mol. The van der Waals surface area contributed by atoms with Gasteiger partial charge in [-0.1, -0.05) is 48.5 Å². The van der Waals surface area contributed by atoms with E-state index in [0.717, 1.165) is 23.0 Å². The van der Waals surface area contributed by atoms with E-state index in [4.69, 9.17) is 0 Å². The summed E-state index contributed by atoms with van der Waals surface area (Å²) in [5, 5.41) is 9.54. The first-order valence-electron chi connectivity index (χ1n) is 6.86. The Morgan fingerprint density at radius 3 is 1.76 bits per heavy atom. The molecule has 3 heteroatoms. The molecule has 0 heterocycles. The van der Waals surface area contributed by atoms with Crippen LogP contribution in [-0.4, -0.2) is 17.2 Å². The van der Waals surface area contributed by atoms with Crippen molar-refractivity contribution in [2.45, 2.75) is 25.9 Å². The fourth-order valence-corrected chi connectivity index (χ4v) is 2.40. The van der Waals surface area contributed by atoms with Crippen LogP contribution in [0, 0.1) is 0 Å². The fourth-order valence-electron chi connectivity index (χ4n) is 2.40. The second kappa shape index (κ2) is 6.46. The maximum atomic E-state index is 12.0. The lowest BCUT2D eigenvalue weighted by molar-refractivity contribution is -0.117. The molecule has 1 unspecified atom stereocenters. The molecule has 0 aliphatic carbocycles. The summed E-state index contributed by atoms with van der Waals surface area (Å²) >= 11 is 0. The molecule has 0 saturated carbocycles. The third-order valence-corrected chi connectivity index (χ3v) is 3.56. The topological polar surface area (TPSA) is 54.4 Å². The molecule has 21 heavy (non-hydrogen) atoms. The van der Waals surface area contributed by atoms with Crippen LogP contribution in [-0.2, 0) is 4.79 Å². The highest BCUT2D eigenvalue weighted by molar-refractivity contribution is 5.87. The fraction of sp³-hybridized carbons (Fsp3) is 0.222. The highest BCUT2D eigenvalue weighted by Gasteiger charge is 2.19. The summed E-state index contributed by atoms with van der Waals surface area (Å²) in [4.78, 5) is 22.7. The van der Waals surface area contributed by atoms with Gasteiger partial charge in [-0.3, -0.25) is 9.59 Å². The molecule has 0 amide bonds. The number of hydrogen-bond donors (Lipinski definition) is 1. The first-order chi connectivity index (χ1) is 10.0. The Labute approximate surface area is 124 Å². The van der Waals surface area contributed by atoms with Crippen molar-refractivity contribution in [3.8, 4) is 0 Å². The van der Waals surface area contributed by atoms with Crippen LogP contribution in [0.5, 0.6) is 0 Å². The lowest BCUT2D eigenvalue weighted by Crippen LogP contribution is -2.10. The van der Waals surface area contributed by atoms with Gasteiger partial charge in [-0.05, 0) is 30.5 Å². The number of aliphatic hydroxyl groups excluding tert-OH is 1. The molecule has 0 bridgehead atoms. The number of aliphatic hydroxyl groups is 1. The highest BCUT2D eigenvalue weighted by Crippen LogP contribution is 2.27. The number of carbonyl (C=O) groups is 2. The molecular formula is C18H18O3. The molecule has 0 radical (unpaired) electrons. The SMILES string of the molecule is CC(=O)C(c1ccc(C=O)cc1)c1ccc([C@H](C)O)cc1. The van der Waals surface area contributed by atoms with E-state index in [-0.39, 0.29) is 11.7 Å². The van der Waals surface area contributed by atoms with E-state index in [1.54, 1.807) is 38.1 Å². The maximum Gasteiger partial charge on any atom is 0.150 e. The van der Waals surface area contributed by atoms with Gasteiger partial charge >= 0.3 is 0 Å². The largest absolute Gasteiger partial charge is 0.389 e. The number of ketones is 1. The molecule has 0 fully saturated rings. The standard InChI is InChI=1S/C18H18O3/c1-12(20)15-7-9-17(10-8-15)18(13(2)21)16-5-3-14(11-19)4-6-16/h3-12,18,20H,1-2H3/t12-,18?/m0/s1. The molecule has 1 N–H and O–H groups in total. The molecule has 3 nitrogen and oxygen atoms in total. The molecule has 2 atom stereocenters. The quantitative estimate of drug-likeness (QED) is 0.856. The Kier molecular flexibility index (Phi) is 4.66. The highest BCUT2D eigenvalue weighted by atomic mass is 16.3. The van der Waals surface area contributed by atoms with E-state index in [1.165, 1.54) is 0 Å². The van der Waals surface area contributed by atoms with E-state index in [0.29, 0.717) is 5.56 Å². The third kappa shape index (κ3) is 3.44. The van der Waals surface area contributed by atoms with Crippen molar-refractivity contribution in [3.63, 3.8) is 0 Å². The van der Waals surface area contributed by atoms with Gasteiger partial charge in [0.2, 0.25) is 0 Å². The molecule has 0 aromatic heterocycles. The van der Waals surface area contributed by atoms with Crippen molar-refractivity contribution in [1.29, 1.82) is 0 Å². The Hall–Kier alpha value is -2.26. The van der Waals surface area contributed by atoms with Crippen LogP contribution >= 0.6 is 0 Å². The Morgan fingerprint density at radius 2 is 1.38 bits per heavy atom. The lowest BCUT2D eigenvalue weighted by atomic mass is 9.87. The van der Waals surface area contributed by atoms with Crippen molar-refractivity contribution in [1.82, 2.24) is 0 Å². The third-order valence-electron chi connectivity index (χ3n) is 3.56. The number of rotatable bonds is 5. The molecule has 2 aromatic carbocycles. The van der Waals surface area contributed by atoms with Crippen molar-refractivity contribution < 1.29 is 14.7 Å². The molecule has 0 aliphatic rings. The van der Waals surface area contributed by atoms with E-state index >= 15 is 0 Å². The monoisotopic (exact) mass is 282 g/mol. The number of aldehydes is 1. The first-order valence-corrected chi connectivity index (χ1v) is 6.86. The van der Waals surface area contributed by atoms with Gasteiger partial charge in [0.1, 0.15) is 12.1 Å². The molecule has 0 spiro atoms. The van der Waals surface area contributed by atoms with E-state index in [9.17, 15) is 14.7 Å². The van der Waals surface area contributed by atoms with Crippen LogP contribution in [0.25, 0.3) is 0 Å². The van der Waals surface area contributed by atoms with Gasteiger partial charge in [0.25, 0.3) is 0 Å². The van der Waals surface area contributed by atoms with Gasteiger partial charge in [0.15, 0.2) is 0 Å². The normalized spacial score (nSPS) is 13.5. The summed E-state index contributed by atoms with van der Waals surface area (Å²) in [5.74, 6) is -0.313. The molecule has 0 aliphatic heterocycles. The van der Waals surface area contributed by atoms with Gasteiger partial charge in [0, 0.05) is 5.56 Å². The minimum Gasteiger partial charge on any atom is -0.389 e. The van der Waals surface area contributed by atoms with Crippen LogP contribution in [0.15, 0.2) is 48.5 Å². The summed E-state index contributed by atoms with van der Waals surface area (Å²) in [5.41, 5.74) is 3.14. The molecule has 2 aromatic rings. The Morgan fingerprint density at radius 1 is 0.952 bits per heavy atom. The van der Waals surface area contributed by atoms with Crippen LogP contribution in [0.3, 0.4) is 0 Å². The zero-order chi connectivity index (χ0) is 15.4. The van der Waals surface area contributed by atoms with Crippen LogP contribution in [0.2, 0.25) is 0 Å². The Balaban J connectivity index is 2.38. The van der Waals surface area contributed by atoms with Crippen LogP contribution in [0.1, 0.15) is 52.9 Å². The maximum absolute atomic E-state index is 12.0. The van der Waals surface area contributed by atoms with Gasteiger partial charge in [0.05, 0.1) is 12.0 Å². The molecule has 0 saturated heterocycles. The summed E-state index contributed by atoms with van der Waals surface area (Å²) in [7, 11) is 0. The van der Waals surface area contributed by atoms with Crippen molar-refractivity contribution in [3.05, 3.63) is 70.8 Å². The van der Waals surface area contributed by atoms with Gasteiger partial charge in [-0.2, -0.15) is 0 Å². The van der Waals surface area contributed by atoms with Gasteiger partial charge < -0.3 is 5.11 Å². The average Bonchev–Trinajstić information content (AvgIpc) is 2.48. The van der Waals surface area contributed by atoms with Crippen LogP contribution < -0.4 is 0 Å². The smallest absolute Gasteiger partial charge is 0.150 e. The number of hydrogen-bond acceptors (Lipinski definition) is 3. The predicted octanol–water partition coefficient (Wildman–Crippen LogP) is 3.27. The summed E-state index contributed by atoms with van der Waals surface area (Å²) in [6.45, 7) is 3.26. The second-order valence-corrected chi connectivity index (χ2v) is 5.17. The minimum absolute atomic E-state index is 0.0404. The van der Waals surface area contributed by atoms with E-state index in [2.05, 4.69) is 0 Å². The number of Topliss-reactive ketones (excluding diaryl/α,β-unsaturated/α-hetero) is 1. The zero-order valence-electron chi connectivity index (χ0n) is 12.1. The van der Waals surface area contributed by atoms with E-state index < -0.39 is 6.10 Å². The summed E-state index contributed by atoms with van der Waals surface area (Å²) < 4.78 is 0. The second-order valence-electron chi connectivity index (χ2n) is 5.17. The molecule has 108 valence electrons. The minimum atomic E-state index is -0.526. The first kappa shape index (κ1) is 15.1. The number of benzene rings is 2. The summed E-state index contributed by atoms with van der Waals surface area (Å²) in [6, 6.07) is 14.4. The van der Waals surface area contributed by atoms with Crippen molar-refractivity contribution >= 4 is 12.1 Å². The van der Waals surface area contributed by atoms with E-state index in [1.807, 2.05) is 24.3 Å². The van der Waals surface area contributed by atoms with Crippen molar-refractivity contribution in [2.24, 2.45) is 0 Å². The molecule has 2 rings (SSSR count). The average molecular weight is 282 g/mol. The number of carbonyl (C=O) groups excluding carboxylic acids is 2. The lowest BCUT2D eigenvalue weighted by Gasteiger charge is -2.16. The zero-order valence-corrected chi connectivity index (χ0v) is 12.1.